The maximum atomic E-state index is 11.9. The first kappa shape index (κ1) is 12.5. The van der Waals surface area contributed by atoms with Crippen molar-refractivity contribution in [2.24, 2.45) is 5.73 Å². The second-order valence-electron chi connectivity index (χ2n) is 4.53. The predicted octanol–water partition coefficient (Wildman–Crippen LogP) is 2.09. The Balaban J connectivity index is 2.51. The minimum Gasteiger partial charge on any atom is -0.322 e. The lowest BCUT2D eigenvalue weighted by Gasteiger charge is -2.35. The number of fused-ring (bicyclic) bond motifs is 1. The van der Waals surface area contributed by atoms with Crippen molar-refractivity contribution in [3.05, 3.63) is 23.3 Å². The van der Waals surface area contributed by atoms with E-state index < -0.39 is 0 Å². The highest BCUT2D eigenvalue weighted by atomic mass is 32.2. The van der Waals surface area contributed by atoms with Crippen LogP contribution in [-0.4, -0.2) is 24.2 Å². The summed E-state index contributed by atoms with van der Waals surface area (Å²) >= 11 is 1.82. The maximum Gasteiger partial charge on any atom is 0.241 e. The Morgan fingerprint density at radius 2 is 2.12 bits per heavy atom. The third kappa shape index (κ3) is 2.19. The zero-order chi connectivity index (χ0) is 12.6. The second kappa shape index (κ2) is 4.70. The number of aryl methyl sites for hydroxylation is 2. The lowest BCUT2D eigenvalue weighted by molar-refractivity contribution is -0.117. The van der Waals surface area contributed by atoms with E-state index in [9.17, 15) is 4.79 Å². The number of thioether (sulfide) groups is 1. The number of amides is 1. The zero-order valence-electron chi connectivity index (χ0n) is 10.5. The van der Waals surface area contributed by atoms with Crippen molar-refractivity contribution in [2.75, 3.05) is 17.2 Å². The van der Waals surface area contributed by atoms with Crippen LogP contribution in [0.1, 0.15) is 18.1 Å². The first-order valence-electron chi connectivity index (χ1n) is 5.80. The summed E-state index contributed by atoms with van der Waals surface area (Å²) in [5.74, 6) is 0.934. The van der Waals surface area contributed by atoms with Gasteiger partial charge in [-0.2, -0.15) is 0 Å². The van der Waals surface area contributed by atoms with Gasteiger partial charge >= 0.3 is 0 Å². The molecule has 1 aliphatic heterocycles. The van der Waals surface area contributed by atoms with Gasteiger partial charge in [0.25, 0.3) is 0 Å². The van der Waals surface area contributed by atoms with Crippen LogP contribution in [0.4, 0.5) is 5.69 Å². The molecule has 0 saturated carbocycles. The van der Waals surface area contributed by atoms with Gasteiger partial charge in [0.15, 0.2) is 0 Å². The third-order valence-corrected chi connectivity index (χ3v) is 4.49. The number of anilines is 1. The molecule has 0 fully saturated rings. The van der Waals surface area contributed by atoms with Gasteiger partial charge in [-0.25, -0.2) is 0 Å². The van der Waals surface area contributed by atoms with E-state index in [4.69, 9.17) is 5.73 Å². The molecule has 1 unspecified atom stereocenters. The fourth-order valence-corrected chi connectivity index (χ4v) is 3.21. The highest BCUT2D eigenvalue weighted by molar-refractivity contribution is 7.99. The van der Waals surface area contributed by atoms with Crippen molar-refractivity contribution in [3.8, 4) is 0 Å². The molecule has 1 aliphatic rings. The number of carbonyl (C=O) groups excluding carboxylic acids is 1. The topological polar surface area (TPSA) is 46.3 Å². The molecule has 3 nitrogen and oxygen atoms in total. The van der Waals surface area contributed by atoms with Crippen molar-refractivity contribution in [2.45, 2.75) is 31.7 Å². The van der Waals surface area contributed by atoms with Gasteiger partial charge in [-0.05, 0) is 44.0 Å². The summed E-state index contributed by atoms with van der Waals surface area (Å²) in [6.45, 7) is 6.31. The number of nitrogens with zero attached hydrogens (tertiary/aromatic N) is 1. The Kier molecular flexibility index (Phi) is 3.45. The SMILES string of the molecule is Cc1cc2c(cc1C)N(C(=O)CN)C(C)CS2. The predicted molar refractivity (Wildman–Crippen MR) is 72.6 cm³/mol. The zero-order valence-corrected chi connectivity index (χ0v) is 11.3. The van der Waals surface area contributed by atoms with Crippen LogP contribution in [0, 0.1) is 13.8 Å². The van der Waals surface area contributed by atoms with Crippen LogP contribution in [0.2, 0.25) is 0 Å². The fourth-order valence-electron chi connectivity index (χ4n) is 2.08. The number of rotatable bonds is 1. The maximum absolute atomic E-state index is 11.9. The van der Waals surface area contributed by atoms with Crippen LogP contribution in [0.5, 0.6) is 0 Å². The quantitative estimate of drug-likeness (QED) is 0.830. The van der Waals surface area contributed by atoms with Crippen LogP contribution >= 0.6 is 11.8 Å². The molecule has 1 heterocycles. The molecule has 92 valence electrons. The van der Waals surface area contributed by atoms with Crippen LogP contribution in [0.25, 0.3) is 0 Å². The molecule has 0 aliphatic carbocycles. The number of hydrogen-bond acceptors (Lipinski definition) is 3. The standard InChI is InChI=1S/C13H18N2OS/c1-8-4-11-12(5-9(8)2)17-7-10(3)15(11)13(16)6-14/h4-5,10H,6-7,14H2,1-3H3. The molecular formula is C13H18N2OS. The van der Waals surface area contributed by atoms with E-state index in [2.05, 4.69) is 32.9 Å². The van der Waals surface area contributed by atoms with Gasteiger partial charge in [0.05, 0.1) is 12.2 Å². The minimum atomic E-state index is 0.00213. The summed E-state index contributed by atoms with van der Waals surface area (Å²) in [5.41, 5.74) is 9.00. The molecule has 1 aromatic carbocycles. The molecular weight excluding hydrogens is 232 g/mol. The minimum absolute atomic E-state index is 0.00213. The van der Waals surface area contributed by atoms with E-state index >= 15 is 0 Å². The normalized spacial score (nSPS) is 19.1. The molecule has 0 bridgehead atoms. The van der Waals surface area contributed by atoms with Crippen LogP contribution in [0.3, 0.4) is 0 Å². The van der Waals surface area contributed by atoms with Crippen molar-refractivity contribution in [1.82, 2.24) is 0 Å². The van der Waals surface area contributed by atoms with Gasteiger partial charge in [0.2, 0.25) is 5.91 Å². The monoisotopic (exact) mass is 250 g/mol. The molecule has 2 rings (SSSR count). The van der Waals surface area contributed by atoms with Crippen molar-refractivity contribution < 1.29 is 4.79 Å². The summed E-state index contributed by atoms with van der Waals surface area (Å²) in [6.07, 6.45) is 0. The van der Waals surface area contributed by atoms with Crippen molar-refractivity contribution in [3.63, 3.8) is 0 Å². The first-order valence-corrected chi connectivity index (χ1v) is 6.79. The van der Waals surface area contributed by atoms with Crippen molar-refractivity contribution in [1.29, 1.82) is 0 Å². The Morgan fingerprint density at radius 1 is 1.47 bits per heavy atom. The Hall–Kier alpha value is -1.000. The summed E-state index contributed by atoms with van der Waals surface area (Å²) in [4.78, 5) is 15.0. The van der Waals surface area contributed by atoms with Crippen LogP contribution < -0.4 is 10.6 Å². The van der Waals surface area contributed by atoms with Gasteiger partial charge in [-0.3, -0.25) is 4.79 Å². The van der Waals surface area contributed by atoms with E-state index in [0.717, 1.165) is 11.4 Å². The number of benzene rings is 1. The molecule has 0 saturated heterocycles. The lowest BCUT2D eigenvalue weighted by atomic mass is 10.1. The second-order valence-corrected chi connectivity index (χ2v) is 5.59. The highest BCUT2D eigenvalue weighted by Gasteiger charge is 2.28. The van der Waals surface area contributed by atoms with Gasteiger partial charge in [-0.15, -0.1) is 11.8 Å². The van der Waals surface area contributed by atoms with Gasteiger partial charge in [0.1, 0.15) is 0 Å². The number of carbonyl (C=O) groups is 1. The van der Waals surface area contributed by atoms with Crippen LogP contribution in [-0.2, 0) is 4.79 Å². The third-order valence-electron chi connectivity index (χ3n) is 3.20. The van der Waals surface area contributed by atoms with Gasteiger partial charge in [0, 0.05) is 16.7 Å². The fraction of sp³-hybridized carbons (Fsp3) is 0.462. The average molecular weight is 250 g/mol. The smallest absolute Gasteiger partial charge is 0.241 e. The van der Waals surface area contributed by atoms with E-state index in [1.165, 1.54) is 16.0 Å². The highest BCUT2D eigenvalue weighted by Crippen LogP contribution is 2.39. The lowest BCUT2D eigenvalue weighted by Crippen LogP contribution is -2.45. The molecule has 0 radical (unpaired) electrons. The average Bonchev–Trinajstić information content (AvgIpc) is 2.30. The van der Waals surface area contributed by atoms with Crippen LogP contribution in [0.15, 0.2) is 17.0 Å². The molecule has 4 heteroatoms. The first-order chi connectivity index (χ1) is 8.04. The van der Waals surface area contributed by atoms with Gasteiger partial charge in [-0.1, -0.05) is 0 Å². The number of hydrogen-bond donors (Lipinski definition) is 1. The van der Waals surface area contributed by atoms with Gasteiger partial charge < -0.3 is 10.6 Å². The molecule has 1 atom stereocenters. The van der Waals surface area contributed by atoms with E-state index in [-0.39, 0.29) is 18.5 Å². The largest absolute Gasteiger partial charge is 0.322 e. The molecule has 2 N–H and O–H groups in total. The number of nitrogens with two attached hydrogens (primary N) is 1. The summed E-state index contributed by atoms with van der Waals surface area (Å²) in [6, 6.07) is 4.48. The summed E-state index contributed by atoms with van der Waals surface area (Å²) < 4.78 is 0. The molecule has 0 aromatic heterocycles. The summed E-state index contributed by atoms with van der Waals surface area (Å²) in [7, 11) is 0. The Morgan fingerprint density at radius 3 is 2.76 bits per heavy atom. The Labute approximate surface area is 106 Å². The molecule has 1 aromatic rings. The van der Waals surface area contributed by atoms with E-state index in [0.29, 0.717) is 0 Å². The summed E-state index contributed by atoms with van der Waals surface area (Å²) in [5, 5.41) is 0. The molecule has 0 spiro atoms. The Bertz CT molecular complexity index is 459. The molecule has 17 heavy (non-hydrogen) atoms. The van der Waals surface area contributed by atoms with E-state index in [1.54, 1.807) is 0 Å². The molecule has 1 amide bonds. The van der Waals surface area contributed by atoms with Crippen molar-refractivity contribution >= 4 is 23.4 Å². The van der Waals surface area contributed by atoms with E-state index in [1.807, 2.05) is 16.7 Å².